The maximum Gasteiger partial charge on any atom is 0.410 e. The van der Waals surface area contributed by atoms with Gasteiger partial charge in [0.25, 0.3) is 0 Å². The van der Waals surface area contributed by atoms with Crippen molar-refractivity contribution in [3.8, 4) is 0 Å². The Hall–Kier alpha value is -0.770. The molecule has 1 atom stereocenters. The number of carbonyl (C=O) groups is 2. The summed E-state index contributed by atoms with van der Waals surface area (Å²) in [4.78, 5) is 23.3. The van der Waals surface area contributed by atoms with Crippen molar-refractivity contribution in [1.82, 2.24) is 4.90 Å². The monoisotopic (exact) mass is 221 g/mol. The van der Waals surface area contributed by atoms with Crippen LogP contribution in [-0.2, 0) is 9.53 Å². The molecular weight excluding hydrogens is 206 g/mol. The molecule has 4 nitrogen and oxygen atoms in total. The van der Waals surface area contributed by atoms with Crippen molar-refractivity contribution in [2.75, 3.05) is 7.05 Å². The van der Waals surface area contributed by atoms with Crippen LogP contribution in [0.2, 0.25) is 0 Å². The van der Waals surface area contributed by atoms with Crippen molar-refractivity contribution in [3.63, 3.8) is 0 Å². The predicted molar refractivity (Wildman–Crippen MR) is 54.3 cm³/mol. The lowest BCUT2D eigenvalue weighted by Crippen LogP contribution is -2.41. The minimum Gasteiger partial charge on any atom is -0.444 e. The number of amides is 1. The molecule has 0 fully saturated rings. The first-order valence-electron chi connectivity index (χ1n) is 4.30. The van der Waals surface area contributed by atoms with E-state index in [9.17, 15) is 9.59 Å². The Balaban J connectivity index is 4.33. The Kier molecular flexibility index (Phi) is 4.39. The maximum absolute atomic E-state index is 11.4. The molecule has 0 spiro atoms. The van der Waals surface area contributed by atoms with Gasteiger partial charge in [0.15, 0.2) is 0 Å². The van der Waals surface area contributed by atoms with E-state index in [1.807, 2.05) is 0 Å². The fourth-order valence-corrected chi connectivity index (χ4v) is 0.791. The highest BCUT2D eigenvalue weighted by Gasteiger charge is 2.25. The van der Waals surface area contributed by atoms with Crippen molar-refractivity contribution in [3.05, 3.63) is 0 Å². The minimum absolute atomic E-state index is 0.556. The van der Waals surface area contributed by atoms with Crippen LogP contribution >= 0.6 is 11.6 Å². The molecule has 0 aromatic carbocycles. The molecule has 14 heavy (non-hydrogen) atoms. The number of carbonyl (C=O) groups excluding carboxylic acids is 2. The van der Waals surface area contributed by atoms with Gasteiger partial charge in [-0.1, -0.05) is 0 Å². The first kappa shape index (κ1) is 13.2. The first-order valence-corrected chi connectivity index (χ1v) is 4.68. The highest BCUT2D eigenvalue weighted by atomic mass is 35.5. The lowest BCUT2D eigenvalue weighted by Gasteiger charge is -2.26. The summed E-state index contributed by atoms with van der Waals surface area (Å²) in [6, 6.07) is -0.675. The highest BCUT2D eigenvalue weighted by Crippen LogP contribution is 2.11. The number of hydrogen-bond donors (Lipinski definition) is 0. The van der Waals surface area contributed by atoms with Crippen LogP contribution in [0.3, 0.4) is 0 Å². The van der Waals surface area contributed by atoms with Crippen molar-refractivity contribution in [2.24, 2.45) is 0 Å². The third-order valence-corrected chi connectivity index (χ3v) is 1.91. The van der Waals surface area contributed by atoms with Gasteiger partial charge in [0.05, 0.1) is 0 Å². The van der Waals surface area contributed by atoms with Crippen LogP contribution < -0.4 is 0 Å². The lowest BCUT2D eigenvalue weighted by atomic mass is 10.2. The van der Waals surface area contributed by atoms with Gasteiger partial charge >= 0.3 is 6.09 Å². The molecule has 0 aliphatic rings. The van der Waals surface area contributed by atoms with Gasteiger partial charge in [-0.3, -0.25) is 4.79 Å². The van der Waals surface area contributed by atoms with E-state index in [-0.39, 0.29) is 0 Å². The van der Waals surface area contributed by atoms with Crippen molar-refractivity contribution < 1.29 is 14.3 Å². The van der Waals surface area contributed by atoms with Crippen molar-refractivity contribution >= 4 is 22.9 Å². The SMILES string of the molecule is C[C@@H](C(=O)Cl)N(C)C(=O)OC(C)(C)C. The largest absolute Gasteiger partial charge is 0.444 e. The molecule has 82 valence electrons. The van der Waals surface area contributed by atoms with Crippen LogP contribution in [0.4, 0.5) is 4.79 Å². The Morgan fingerprint density at radius 1 is 1.36 bits per heavy atom. The van der Waals surface area contributed by atoms with E-state index in [0.29, 0.717) is 0 Å². The molecule has 0 heterocycles. The van der Waals surface area contributed by atoms with Crippen LogP contribution in [0.5, 0.6) is 0 Å². The zero-order valence-electron chi connectivity index (χ0n) is 9.13. The van der Waals surface area contributed by atoms with E-state index >= 15 is 0 Å². The molecule has 0 saturated carbocycles. The van der Waals surface area contributed by atoms with E-state index < -0.39 is 23.0 Å². The van der Waals surface area contributed by atoms with Gasteiger partial charge in [0.1, 0.15) is 11.6 Å². The van der Waals surface area contributed by atoms with Crippen LogP contribution in [0.15, 0.2) is 0 Å². The van der Waals surface area contributed by atoms with E-state index in [0.717, 1.165) is 0 Å². The Bertz CT molecular complexity index is 235. The summed E-state index contributed by atoms with van der Waals surface area (Å²) in [6.07, 6.45) is -0.556. The Morgan fingerprint density at radius 3 is 2.07 bits per heavy atom. The van der Waals surface area contributed by atoms with Gasteiger partial charge in [0, 0.05) is 7.05 Å². The summed E-state index contributed by atoms with van der Waals surface area (Å²) in [5, 5.41) is -0.585. The normalized spacial score (nSPS) is 13.3. The number of likely N-dealkylation sites (N-methyl/N-ethyl adjacent to an activating group) is 1. The molecule has 0 aromatic rings. The van der Waals surface area contributed by atoms with Gasteiger partial charge < -0.3 is 9.64 Å². The van der Waals surface area contributed by atoms with Crippen LogP contribution in [0.25, 0.3) is 0 Å². The molecule has 0 bridgehead atoms. The average molecular weight is 222 g/mol. The molecule has 0 unspecified atom stereocenters. The predicted octanol–water partition coefficient (Wildman–Crippen LogP) is 2.01. The third-order valence-electron chi connectivity index (χ3n) is 1.59. The Labute approximate surface area is 89.2 Å². The minimum atomic E-state index is -0.675. The summed E-state index contributed by atoms with van der Waals surface area (Å²) < 4.78 is 5.05. The third kappa shape index (κ3) is 4.46. The zero-order chi connectivity index (χ0) is 11.5. The first-order chi connectivity index (χ1) is 6.15. The molecule has 0 radical (unpaired) electrons. The summed E-state index contributed by atoms with van der Waals surface area (Å²) >= 11 is 5.25. The maximum atomic E-state index is 11.4. The fourth-order valence-electron chi connectivity index (χ4n) is 0.644. The summed E-state index contributed by atoms with van der Waals surface area (Å²) in [5.74, 6) is 0. The average Bonchev–Trinajstić information content (AvgIpc) is 1.98. The van der Waals surface area contributed by atoms with E-state index in [1.165, 1.54) is 11.9 Å². The number of hydrogen-bond acceptors (Lipinski definition) is 3. The van der Waals surface area contributed by atoms with Crippen molar-refractivity contribution in [1.29, 1.82) is 0 Å². The van der Waals surface area contributed by atoms with Gasteiger partial charge in [-0.2, -0.15) is 0 Å². The molecule has 1 amide bonds. The zero-order valence-corrected chi connectivity index (χ0v) is 9.88. The van der Waals surface area contributed by atoms with Crippen molar-refractivity contribution in [2.45, 2.75) is 39.3 Å². The molecule has 0 aliphatic heterocycles. The molecule has 0 rings (SSSR count). The van der Waals surface area contributed by atoms with Gasteiger partial charge in [-0.25, -0.2) is 4.79 Å². The van der Waals surface area contributed by atoms with Gasteiger partial charge in [0.2, 0.25) is 5.24 Å². The quantitative estimate of drug-likeness (QED) is 0.671. The fraction of sp³-hybridized carbons (Fsp3) is 0.778. The van der Waals surface area contributed by atoms with Crippen LogP contribution in [-0.4, -0.2) is 34.9 Å². The van der Waals surface area contributed by atoms with E-state index in [1.54, 1.807) is 27.7 Å². The second-order valence-corrected chi connectivity index (χ2v) is 4.44. The lowest BCUT2D eigenvalue weighted by molar-refractivity contribution is -0.115. The molecule has 0 aromatic heterocycles. The molecular formula is C9H16ClNO3. The smallest absolute Gasteiger partial charge is 0.410 e. The summed E-state index contributed by atoms with van der Waals surface area (Å²) in [5.41, 5.74) is -0.569. The second-order valence-electron chi connectivity index (χ2n) is 4.07. The van der Waals surface area contributed by atoms with Gasteiger partial charge in [-0.15, -0.1) is 0 Å². The molecule has 0 saturated heterocycles. The van der Waals surface area contributed by atoms with Crippen LogP contribution in [0, 0.1) is 0 Å². The number of halogens is 1. The standard InChI is InChI=1S/C9H16ClNO3/c1-6(7(10)12)11(5)8(13)14-9(2,3)4/h6H,1-5H3/t6-/m0/s1. The highest BCUT2D eigenvalue weighted by molar-refractivity contribution is 6.64. The number of ether oxygens (including phenoxy) is 1. The number of rotatable bonds is 2. The van der Waals surface area contributed by atoms with E-state index in [4.69, 9.17) is 16.3 Å². The summed E-state index contributed by atoms with van der Waals surface area (Å²) in [7, 11) is 1.47. The topological polar surface area (TPSA) is 46.6 Å². The molecule has 0 N–H and O–H groups in total. The van der Waals surface area contributed by atoms with Gasteiger partial charge in [-0.05, 0) is 39.3 Å². The molecule has 5 heteroatoms. The number of nitrogens with zero attached hydrogens (tertiary/aromatic N) is 1. The molecule has 0 aliphatic carbocycles. The van der Waals surface area contributed by atoms with E-state index in [2.05, 4.69) is 0 Å². The van der Waals surface area contributed by atoms with Crippen LogP contribution in [0.1, 0.15) is 27.7 Å². The Morgan fingerprint density at radius 2 is 1.79 bits per heavy atom. The second kappa shape index (κ2) is 4.64. The summed E-state index contributed by atoms with van der Waals surface area (Å²) in [6.45, 7) is 6.81.